The minimum atomic E-state index is 0.150. The summed E-state index contributed by atoms with van der Waals surface area (Å²) in [5.41, 5.74) is 0.288. The molecule has 0 bridgehead atoms. The average molecular weight is 315 g/mol. The number of likely N-dealkylation sites (tertiary alicyclic amines) is 1. The summed E-state index contributed by atoms with van der Waals surface area (Å²) in [5, 5.41) is 0. The maximum atomic E-state index is 11.9. The smallest absolute Gasteiger partial charge is 0.319 e. The molecule has 2 heterocycles. The molecule has 0 radical (unpaired) electrons. The Kier molecular flexibility index (Phi) is 9.69. The first-order valence-corrected chi connectivity index (χ1v) is 8.81. The molecule has 0 aromatic carbocycles. The summed E-state index contributed by atoms with van der Waals surface area (Å²) in [6.45, 7) is 13.2. The second-order valence-electron chi connectivity index (χ2n) is 6.05. The molecule has 0 unspecified atom stereocenters. The first-order valence-electron chi connectivity index (χ1n) is 8.81. The van der Waals surface area contributed by atoms with Gasteiger partial charge in [-0.3, -0.25) is 4.90 Å². The molecule has 2 saturated heterocycles. The number of hydrogen-bond donors (Lipinski definition) is 0. The lowest BCUT2D eigenvalue weighted by molar-refractivity contribution is -0.0135. The Balaban J connectivity index is 0.00000102. The van der Waals surface area contributed by atoms with Gasteiger partial charge in [-0.2, -0.15) is 0 Å². The van der Waals surface area contributed by atoms with Crippen molar-refractivity contribution in [3.63, 3.8) is 0 Å². The Morgan fingerprint density at radius 1 is 0.909 bits per heavy atom. The molecule has 5 nitrogen and oxygen atoms in total. The quantitative estimate of drug-likeness (QED) is 0.688. The van der Waals surface area contributed by atoms with Crippen molar-refractivity contribution in [2.75, 3.05) is 60.9 Å². The molecule has 0 aromatic heterocycles. The molecular formula is C17H38N4O. The van der Waals surface area contributed by atoms with Crippen LogP contribution in [-0.4, -0.2) is 92.1 Å². The molecule has 2 aliphatic rings. The van der Waals surface area contributed by atoms with Crippen LogP contribution in [0.4, 0.5) is 4.79 Å². The van der Waals surface area contributed by atoms with Crippen molar-refractivity contribution in [2.45, 2.75) is 46.1 Å². The van der Waals surface area contributed by atoms with Crippen molar-refractivity contribution in [1.82, 2.24) is 19.6 Å². The van der Waals surface area contributed by atoms with E-state index in [1.807, 2.05) is 46.7 Å². The molecule has 2 amide bonds. The van der Waals surface area contributed by atoms with Crippen LogP contribution in [0, 0.1) is 0 Å². The van der Waals surface area contributed by atoms with Crippen LogP contribution in [0.1, 0.15) is 40.5 Å². The van der Waals surface area contributed by atoms with Gasteiger partial charge in [0.05, 0.1) is 0 Å². The van der Waals surface area contributed by atoms with E-state index in [0.29, 0.717) is 0 Å². The zero-order valence-electron chi connectivity index (χ0n) is 16.1. The van der Waals surface area contributed by atoms with Gasteiger partial charge in [0, 0.05) is 52.4 Å². The van der Waals surface area contributed by atoms with Gasteiger partial charge in [0.2, 0.25) is 0 Å². The standard InChI is InChI=1S/C13H26N4O.2C2H6/c1-14(2)12(18)17-7-5-13(6-8-17)11-15(3)9-10-16(13)4;2*1-2/h5-11H2,1-4H3;2*1-2H3. The van der Waals surface area contributed by atoms with Crippen molar-refractivity contribution >= 4 is 6.03 Å². The summed E-state index contributed by atoms with van der Waals surface area (Å²) in [4.78, 5) is 20.5. The summed E-state index contributed by atoms with van der Waals surface area (Å²) in [5.74, 6) is 0. The monoisotopic (exact) mass is 314 g/mol. The molecule has 5 heteroatoms. The van der Waals surface area contributed by atoms with Crippen LogP contribution >= 0.6 is 0 Å². The number of rotatable bonds is 0. The number of carbonyl (C=O) groups is 1. The predicted molar refractivity (Wildman–Crippen MR) is 95.4 cm³/mol. The third-order valence-corrected chi connectivity index (χ3v) is 4.54. The van der Waals surface area contributed by atoms with Gasteiger partial charge in [-0.1, -0.05) is 27.7 Å². The van der Waals surface area contributed by atoms with Gasteiger partial charge in [0.15, 0.2) is 0 Å². The van der Waals surface area contributed by atoms with E-state index >= 15 is 0 Å². The SMILES string of the molecule is CC.CC.CN1CCN(C)C2(CCN(C(=O)N(C)C)CC2)C1. The highest BCUT2D eigenvalue weighted by Gasteiger charge is 2.42. The Bertz CT molecular complexity index is 312. The normalized spacial score (nSPS) is 21.4. The van der Waals surface area contributed by atoms with Gasteiger partial charge in [-0.05, 0) is 26.9 Å². The molecular weight excluding hydrogens is 276 g/mol. The van der Waals surface area contributed by atoms with Gasteiger partial charge in [0.25, 0.3) is 0 Å². The molecule has 0 N–H and O–H groups in total. The average Bonchev–Trinajstić information content (AvgIpc) is 2.55. The largest absolute Gasteiger partial charge is 0.331 e. The molecule has 22 heavy (non-hydrogen) atoms. The third-order valence-electron chi connectivity index (χ3n) is 4.54. The summed E-state index contributed by atoms with van der Waals surface area (Å²) in [7, 11) is 8.09. The Morgan fingerprint density at radius 3 is 1.86 bits per heavy atom. The molecule has 2 rings (SSSR count). The van der Waals surface area contributed by atoms with Gasteiger partial charge in [0.1, 0.15) is 0 Å². The maximum absolute atomic E-state index is 11.9. The first kappa shape index (κ1) is 21.2. The molecule has 2 fully saturated rings. The summed E-state index contributed by atoms with van der Waals surface area (Å²) >= 11 is 0. The summed E-state index contributed by atoms with van der Waals surface area (Å²) in [6, 6.07) is 0.150. The Labute approximate surface area is 138 Å². The lowest BCUT2D eigenvalue weighted by atomic mass is 9.84. The molecule has 1 spiro atoms. The predicted octanol–water partition coefficient (Wildman–Crippen LogP) is 2.43. The third kappa shape index (κ3) is 5.13. The van der Waals surface area contributed by atoms with E-state index in [9.17, 15) is 4.79 Å². The van der Waals surface area contributed by atoms with Crippen molar-refractivity contribution in [3.8, 4) is 0 Å². The molecule has 0 aliphatic carbocycles. The fourth-order valence-corrected chi connectivity index (χ4v) is 3.20. The number of nitrogens with zero attached hydrogens (tertiary/aromatic N) is 4. The van der Waals surface area contributed by atoms with Crippen LogP contribution in [0.5, 0.6) is 0 Å². The van der Waals surface area contributed by atoms with Crippen LogP contribution in [0.2, 0.25) is 0 Å². The van der Waals surface area contributed by atoms with E-state index in [-0.39, 0.29) is 11.6 Å². The molecule has 2 aliphatic heterocycles. The lowest BCUT2D eigenvalue weighted by Crippen LogP contribution is -2.64. The molecule has 0 saturated carbocycles. The van der Waals surface area contributed by atoms with E-state index in [4.69, 9.17) is 0 Å². The minimum Gasteiger partial charge on any atom is -0.331 e. The highest BCUT2D eigenvalue weighted by Crippen LogP contribution is 2.31. The number of urea groups is 1. The summed E-state index contributed by atoms with van der Waals surface area (Å²) < 4.78 is 0. The lowest BCUT2D eigenvalue weighted by Gasteiger charge is -2.52. The van der Waals surface area contributed by atoms with Gasteiger partial charge in [-0.25, -0.2) is 4.79 Å². The van der Waals surface area contributed by atoms with Crippen LogP contribution in [0.3, 0.4) is 0 Å². The van der Waals surface area contributed by atoms with E-state index < -0.39 is 0 Å². The number of carbonyl (C=O) groups excluding carboxylic acids is 1. The van der Waals surface area contributed by atoms with Crippen molar-refractivity contribution in [2.24, 2.45) is 0 Å². The number of likely N-dealkylation sites (N-methyl/N-ethyl adjacent to an activating group) is 2. The second kappa shape index (κ2) is 10.1. The Morgan fingerprint density at radius 2 is 1.41 bits per heavy atom. The fourth-order valence-electron chi connectivity index (χ4n) is 3.20. The number of hydrogen-bond acceptors (Lipinski definition) is 3. The van der Waals surface area contributed by atoms with E-state index in [1.165, 1.54) is 0 Å². The van der Waals surface area contributed by atoms with Crippen LogP contribution in [-0.2, 0) is 0 Å². The second-order valence-corrected chi connectivity index (χ2v) is 6.05. The van der Waals surface area contributed by atoms with Crippen molar-refractivity contribution in [3.05, 3.63) is 0 Å². The Hall–Kier alpha value is -0.810. The molecule has 0 atom stereocenters. The zero-order valence-corrected chi connectivity index (χ0v) is 16.1. The van der Waals surface area contributed by atoms with Crippen molar-refractivity contribution < 1.29 is 4.79 Å². The highest BCUT2D eigenvalue weighted by atomic mass is 16.2. The molecule has 132 valence electrons. The van der Waals surface area contributed by atoms with Gasteiger partial charge >= 0.3 is 6.03 Å². The number of piperazine rings is 1. The summed E-state index contributed by atoms with van der Waals surface area (Å²) in [6.07, 6.45) is 2.18. The van der Waals surface area contributed by atoms with E-state index in [0.717, 1.165) is 45.6 Å². The van der Waals surface area contributed by atoms with Crippen molar-refractivity contribution in [1.29, 1.82) is 0 Å². The zero-order chi connectivity index (χ0) is 17.3. The fraction of sp³-hybridized carbons (Fsp3) is 0.941. The first-order chi connectivity index (χ1) is 10.4. The number of piperidine rings is 1. The van der Waals surface area contributed by atoms with Crippen LogP contribution < -0.4 is 0 Å². The van der Waals surface area contributed by atoms with Crippen LogP contribution in [0.25, 0.3) is 0 Å². The minimum absolute atomic E-state index is 0.150. The maximum Gasteiger partial charge on any atom is 0.319 e. The van der Waals surface area contributed by atoms with E-state index in [2.05, 4.69) is 23.9 Å². The van der Waals surface area contributed by atoms with Gasteiger partial charge in [-0.15, -0.1) is 0 Å². The van der Waals surface area contributed by atoms with Gasteiger partial charge < -0.3 is 14.7 Å². The number of amides is 2. The van der Waals surface area contributed by atoms with E-state index in [1.54, 1.807) is 4.90 Å². The van der Waals surface area contributed by atoms with Crippen LogP contribution in [0.15, 0.2) is 0 Å². The highest BCUT2D eigenvalue weighted by molar-refractivity contribution is 5.73. The molecule has 0 aromatic rings. The topological polar surface area (TPSA) is 30.0 Å².